The molecule has 8 heteroatoms. The second-order valence-electron chi connectivity index (χ2n) is 7.07. The van der Waals surface area contributed by atoms with Crippen LogP contribution in [0, 0.1) is 0 Å². The van der Waals surface area contributed by atoms with Gasteiger partial charge in [0.2, 0.25) is 0 Å². The number of carbonyl (C=O) groups is 1. The average molecular weight is 409 g/mol. The Hall–Kier alpha value is -3.39. The number of anilines is 2. The Labute approximate surface area is 176 Å². The Kier molecular flexibility index (Phi) is 7.03. The van der Waals surface area contributed by atoms with Gasteiger partial charge in [0.25, 0.3) is 0 Å². The van der Waals surface area contributed by atoms with E-state index in [1.54, 1.807) is 0 Å². The van der Waals surface area contributed by atoms with Gasteiger partial charge in [-0.1, -0.05) is 30.3 Å². The van der Waals surface area contributed by atoms with Gasteiger partial charge in [-0.3, -0.25) is 9.69 Å². The summed E-state index contributed by atoms with van der Waals surface area (Å²) in [6.07, 6.45) is 1.52. The molecule has 2 aromatic carbocycles. The van der Waals surface area contributed by atoms with Crippen LogP contribution in [0.3, 0.4) is 0 Å². The van der Waals surface area contributed by atoms with Gasteiger partial charge in [-0.2, -0.15) is 0 Å². The van der Waals surface area contributed by atoms with Crippen LogP contribution < -0.4 is 15.8 Å². The lowest BCUT2D eigenvalue weighted by Gasteiger charge is -2.18. The molecule has 30 heavy (non-hydrogen) atoms. The van der Waals surface area contributed by atoms with Crippen molar-refractivity contribution in [2.75, 3.05) is 44.9 Å². The highest BCUT2D eigenvalue weighted by Crippen LogP contribution is 2.31. The Morgan fingerprint density at radius 1 is 1.23 bits per heavy atom. The van der Waals surface area contributed by atoms with E-state index in [9.17, 15) is 4.79 Å². The van der Waals surface area contributed by atoms with E-state index in [0.717, 1.165) is 16.5 Å². The molecule has 8 nitrogen and oxygen atoms in total. The fourth-order valence-corrected chi connectivity index (χ4v) is 3.05. The summed E-state index contributed by atoms with van der Waals surface area (Å²) >= 11 is 0. The molecule has 158 valence electrons. The molecule has 1 atom stereocenters. The van der Waals surface area contributed by atoms with Gasteiger partial charge < -0.3 is 20.5 Å². The Morgan fingerprint density at radius 3 is 2.73 bits per heavy atom. The highest BCUT2D eigenvalue weighted by Gasteiger charge is 2.13. The topological polar surface area (TPSA) is 103 Å². The quantitative estimate of drug-likeness (QED) is 0.411. The van der Waals surface area contributed by atoms with Crippen LogP contribution in [-0.2, 0) is 9.53 Å². The van der Waals surface area contributed by atoms with E-state index in [1.165, 1.54) is 13.4 Å². The zero-order valence-corrected chi connectivity index (χ0v) is 17.5. The molecular weight excluding hydrogens is 382 g/mol. The molecule has 0 aliphatic rings. The number of nitrogens with zero attached hydrogens (tertiary/aromatic N) is 3. The maximum absolute atomic E-state index is 11.3. The lowest BCUT2D eigenvalue weighted by Crippen LogP contribution is -2.30. The third-order valence-electron chi connectivity index (χ3n) is 4.78. The van der Waals surface area contributed by atoms with Crippen LogP contribution in [0.5, 0.6) is 5.75 Å². The van der Waals surface area contributed by atoms with Crippen molar-refractivity contribution in [2.45, 2.75) is 13.0 Å². The van der Waals surface area contributed by atoms with Crippen LogP contribution in [0.25, 0.3) is 10.9 Å². The zero-order chi connectivity index (χ0) is 21.5. The van der Waals surface area contributed by atoms with Crippen molar-refractivity contribution in [3.8, 4) is 5.75 Å². The average Bonchev–Trinajstić information content (AvgIpc) is 2.75. The highest BCUT2D eigenvalue weighted by atomic mass is 16.5. The molecule has 0 saturated carbocycles. The number of rotatable bonds is 9. The van der Waals surface area contributed by atoms with Crippen molar-refractivity contribution in [2.24, 2.45) is 0 Å². The summed E-state index contributed by atoms with van der Waals surface area (Å²) in [6.45, 7) is 3.21. The summed E-state index contributed by atoms with van der Waals surface area (Å²) in [5.74, 6) is 0.978. The Bertz CT molecular complexity index is 997. The molecule has 0 fully saturated rings. The number of ether oxygens (including phenoxy) is 2. The lowest BCUT2D eigenvalue weighted by molar-refractivity contribution is -0.141. The minimum atomic E-state index is -0.288. The van der Waals surface area contributed by atoms with Gasteiger partial charge in [0.05, 0.1) is 24.9 Å². The number of nitrogens with two attached hydrogens (primary N) is 1. The number of esters is 1. The maximum atomic E-state index is 11.3. The van der Waals surface area contributed by atoms with Gasteiger partial charge in [-0.15, -0.1) is 0 Å². The molecule has 0 aliphatic heterocycles. The smallest absolute Gasteiger partial charge is 0.319 e. The lowest BCUT2D eigenvalue weighted by atomic mass is 10.1. The summed E-state index contributed by atoms with van der Waals surface area (Å²) in [5.41, 5.74) is 8.62. The highest BCUT2D eigenvalue weighted by molar-refractivity contribution is 5.93. The number of hydrogen-bond donors (Lipinski definition) is 2. The largest absolute Gasteiger partial charge is 0.490 e. The molecule has 1 heterocycles. The minimum Gasteiger partial charge on any atom is -0.490 e. The van der Waals surface area contributed by atoms with E-state index in [2.05, 4.69) is 39.1 Å². The zero-order valence-electron chi connectivity index (χ0n) is 17.5. The van der Waals surface area contributed by atoms with Crippen molar-refractivity contribution < 1.29 is 14.3 Å². The number of nitrogen functional groups attached to an aromatic ring is 1. The molecule has 0 radical (unpaired) electrons. The third-order valence-corrected chi connectivity index (χ3v) is 4.78. The standard InChI is InChI=1S/C22H27N5O3/c1-15(16-7-5-4-6-8-16)26-22-17-11-18(23)20(12-19(17)24-14-25-22)30-10-9-27(2)13-21(28)29-3/h4-8,11-12,14-15H,9-10,13,23H2,1-3H3,(H,24,25,26)/t15-/m1/s1. The number of methoxy groups -OCH3 is 1. The van der Waals surface area contributed by atoms with Crippen molar-refractivity contribution in [1.29, 1.82) is 0 Å². The summed E-state index contributed by atoms with van der Waals surface area (Å²) in [7, 11) is 3.19. The van der Waals surface area contributed by atoms with Gasteiger partial charge in [0, 0.05) is 24.0 Å². The normalized spacial score (nSPS) is 12.0. The van der Waals surface area contributed by atoms with Crippen LogP contribution >= 0.6 is 0 Å². The molecule has 1 aromatic heterocycles. The fourth-order valence-electron chi connectivity index (χ4n) is 3.05. The first-order valence-electron chi connectivity index (χ1n) is 9.71. The molecule has 0 spiro atoms. The fraction of sp³-hybridized carbons (Fsp3) is 0.318. The van der Waals surface area contributed by atoms with Gasteiger partial charge >= 0.3 is 5.97 Å². The van der Waals surface area contributed by atoms with Crippen molar-refractivity contribution in [1.82, 2.24) is 14.9 Å². The third kappa shape index (κ3) is 5.36. The van der Waals surface area contributed by atoms with Crippen LogP contribution in [0.15, 0.2) is 48.8 Å². The summed E-state index contributed by atoms with van der Waals surface area (Å²) in [4.78, 5) is 21.9. The monoisotopic (exact) mass is 409 g/mol. The molecular formula is C22H27N5O3. The number of carbonyl (C=O) groups excluding carboxylic acids is 1. The Morgan fingerprint density at radius 2 is 2.00 bits per heavy atom. The van der Waals surface area contributed by atoms with E-state index in [0.29, 0.717) is 30.4 Å². The van der Waals surface area contributed by atoms with Crippen molar-refractivity contribution >= 4 is 28.4 Å². The minimum absolute atomic E-state index is 0.0757. The summed E-state index contributed by atoms with van der Waals surface area (Å²) < 4.78 is 10.5. The van der Waals surface area contributed by atoms with Crippen molar-refractivity contribution in [3.05, 3.63) is 54.4 Å². The van der Waals surface area contributed by atoms with E-state index in [-0.39, 0.29) is 18.6 Å². The number of fused-ring (bicyclic) bond motifs is 1. The molecule has 3 aromatic rings. The first-order valence-corrected chi connectivity index (χ1v) is 9.71. The summed E-state index contributed by atoms with van der Waals surface area (Å²) in [6, 6.07) is 13.9. The van der Waals surface area contributed by atoms with Crippen LogP contribution in [0.1, 0.15) is 18.5 Å². The number of aromatic nitrogens is 2. The predicted octanol–water partition coefficient (Wildman–Crippen LogP) is 2.87. The summed E-state index contributed by atoms with van der Waals surface area (Å²) in [5, 5.41) is 4.26. The van der Waals surface area contributed by atoms with Gasteiger partial charge in [0.15, 0.2) is 0 Å². The Balaban J connectivity index is 1.71. The second kappa shape index (κ2) is 9.89. The van der Waals surface area contributed by atoms with Gasteiger partial charge in [0.1, 0.15) is 24.5 Å². The number of nitrogens with one attached hydrogen (secondary N) is 1. The molecule has 3 N–H and O–H groups in total. The van der Waals surface area contributed by atoms with E-state index in [4.69, 9.17) is 10.5 Å². The van der Waals surface area contributed by atoms with Gasteiger partial charge in [-0.05, 0) is 25.6 Å². The molecule has 0 bridgehead atoms. The number of benzene rings is 2. The molecule has 0 unspecified atom stereocenters. The second-order valence-corrected chi connectivity index (χ2v) is 7.07. The number of hydrogen-bond acceptors (Lipinski definition) is 8. The van der Waals surface area contributed by atoms with Crippen LogP contribution in [0.4, 0.5) is 11.5 Å². The SMILES string of the molecule is COC(=O)CN(C)CCOc1cc2ncnc(N[C@H](C)c3ccccc3)c2cc1N. The molecule has 3 rings (SSSR count). The van der Waals surface area contributed by atoms with Crippen molar-refractivity contribution in [3.63, 3.8) is 0 Å². The van der Waals surface area contributed by atoms with E-state index < -0.39 is 0 Å². The van der Waals surface area contributed by atoms with Crippen LogP contribution in [0.2, 0.25) is 0 Å². The first kappa shape index (κ1) is 21.3. The van der Waals surface area contributed by atoms with Crippen LogP contribution in [-0.4, -0.2) is 54.7 Å². The van der Waals surface area contributed by atoms with E-state index >= 15 is 0 Å². The maximum Gasteiger partial charge on any atom is 0.319 e. The predicted molar refractivity (Wildman–Crippen MR) is 117 cm³/mol. The first-order chi connectivity index (χ1) is 14.5. The van der Waals surface area contributed by atoms with Gasteiger partial charge in [-0.25, -0.2) is 9.97 Å². The number of likely N-dealkylation sites (N-methyl/N-ethyl adjacent to an activating group) is 1. The molecule has 0 aliphatic carbocycles. The van der Waals surface area contributed by atoms with E-state index in [1.807, 2.05) is 42.3 Å². The molecule has 0 amide bonds. The molecule has 0 saturated heterocycles.